The number of alkyl halides is 6. The zero-order chi connectivity index (χ0) is 20.6. The number of nitrogens with zero attached hydrogens (tertiary/aromatic N) is 2. The molecule has 0 aliphatic heterocycles. The predicted octanol–water partition coefficient (Wildman–Crippen LogP) is 5.33. The Morgan fingerprint density at radius 3 is 1.74 bits per heavy atom. The molecule has 0 fully saturated rings. The average molecular weight is 396 g/mol. The Morgan fingerprint density at radius 2 is 1.33 bits per heavy atom. The largest absolute Gasteiger partial charge is 0.450 e. The van der Waals surface area contributed by atoms with Crippen molar-refractivity contribution in [1.82, 2.24) is 0 Å². The number of benzene rings is 2. The van der Waals surface area contributed by atoms with Gasteiger partial charge in [0.15, 0.2) is 0 Å². The van der Waals surface area contributed by atoms with E-state index >= 15 is 0 Å². The molecule has 0 atom stereocenters. The average Bonchev–Trinajstić information content (AvgIpc) is 2.52. The van der Waals surface area contributed by atoms with Crippen LogP contribution in [-0.4, -0.2) is 9.85 Å². The van der Waals surface area contributed by atoms with Crippen LogP contribution >= 0.6 is 0 Å². The first-order chi connectivity index (χ1) is 12.3. The van der Waals surface area contributed by atoms with Gasteiger partial charge in [-0.15, -0.1) is 0 Å². The van der Waals surface area contributed by atoms with Gasteiger partial charge in [-0.05, 0) is 12.1 Å². The van der Waals surface area contributed by atoms with E-state index in [1.165, 1.54) is 18.2 Å². The summed E-state index contributed by atoms with van der Waals surface area (Å²) in [5.41, 5.74) is -9.44. The van der Waals surface area contributed by atoms with Crippen molar-refractivity contribution in [2.75, 3.05) is 0 Å². The number of rotatable bonds is 4. The summed E-state index contributed by atoms with van der Waals surface area (Å²) in [6.45, 7) is 0. The topological polar surface area (TPSA) is 95.5 Å². The van der Waals surface area contributed by atoms with Crippen LogP contribution < -0.4 is 4.74 Å². The summed E-state index contributed by atoms with van der Waals surface area (Å²) in [7, 11) is 0. The molecule has 7 nitrogen and oxygen atoms in total. The van der Waals surface area contributed by atoms with E-state index in [0.717, 1.165) is 12.1 Å². The minimum atomic E-state index is -5.83. The number of halogens is 6. The summed E-state index contributed by atoms with van der Waals surface area (Å²) >= 11 is 0. The zero-order valence-electron chi connectivity index (χ0n) is 12.7. The molecule has 0 saturated heterocycles. The third kappa shape index (κ3) is 4.07. The van der Waals surface area contributed by atoms with Crippen LogP contribution in [0.15, 0.2) is 36.4 Å². The number of nitro groups is 2. The molecule has 0 bridgehead atoms. The summed E-state index contributed by atoms with van der Waals surface area (Å²) < 4.78 is 84.1. The second kappa shape index (κ2) is 6.74. The normalized spacial score (nSPS) is 11.9. The first-order valence-corrected chi connectivity index (χ1v) is 6.71. The van der Waals surface area contributed by atoms with Crippen molar-refractivity contribution in [1.29, 1.82) is 0 Å². The van der Waals surface area contributed by atoms with Crippen LogP contribution in [0.25, 0.3) is 0 Å². The summed E-state index contributed by atoms with van der Waals surface area (Å²) in [5.74, 6) is -1.74. The van der Waals surface area contributed by atoms with Gasteiger partial charge in [0, 0.05) is 6.07 Å². The molecule has 0 saturated carbocycles. The van der Waals surface area contributed by atoms with Gasteiger partial charge in [0.05, 0.1) is 9.85 Å². The molecule has 27 heavy (non-hydrogen) atoms. The van der Waals surface area contributed by atoms with Crippen LogP contribution in [0.5, 0.6) is 11.5 Å². The lowest BCUT2D eigenvalue weighted by Crippen LogP contribution is -2.18. The molecule has 144 valence electrons. The molecule has 0 aliphatic carbocycles. The molecule has 0 aliphatic rings. The molecule has 0 spiro atoms. The lowest BCUT2D eigenvalue weighted by molar-refractivity contribution is -0.402. The van der Waals surface area contributed by atoms with E-state index in [0.29, 0.717) is 0 Å². The first kappa shape index (κ1) is 19.9. The van der Waals surface area contributed by atoms with Crippen LogP contribution in [0.3, 0.4) is 0 Å². The zero-order valence-corrected chi connectivity index (χ0v) is 12.7. The molecule has 2 aromatic carbocycles. The Balaban J connectivity index is 2.95. The maximum absolute atomic E-state index is 13.3. The highest BCUT2D eigenvalue weighted by atomic mass is 19.4. The Labute approximate surface area is 145 Å². The third-order valence-corrected chi connectivity index (χ3v) is 3.16. The van der Waals surface area contributed by atoms with E-state index in [-0.39, 0.29) is 11.8 Å². The SMILES string of the molecule is O=[N+]([O-])c1c(Oc2ccccc2)cc(C(F)(F)F)c([N+](=O)[O-])c1C(F)(F)F. The molecule has 0 unspecified atom stereocenters. The molecule has 2 rings (SSSR count). The number of ether oxygens (including phenoxy) is 1. The second-order valence-electron chi connectivity index (χ2n) is 4.92. The molecule has 0 amide bonds. The lowest BCUT2D eigenvalue weighted by atomic mass is 10.0. The van der Waals surface area contributed by atoms with E-state index in [1.54, 1.807) is 0 Å². The summed E-state index contributed by atoms with van der Waals surface area (Å²) in [6.07, 6.45) is -11.4. The van der Waals surface area contributed by atoms with Crippen molar-refractivity contribution >= 4 is 11.4 Å². The van der Waals surface area contributed by atoms with Gasteiger partial charge < -0.3 is 4.74 Å². The molecule has 0 N–H and O–H groups in total. The number of nitro benzene ring substituents is 2. The molecular formula is C14H6F6N2O5. The van der Waals surface area contributed by atoms with Crippen molar-refractivity contribution in [3.05, 3.63) is 67.8 Å². The third-order valence-electron chi connectivity index (χ3n) is 3.16. The molecule has 0 radical (unpaired) electrons. The minimum absolute atomic E-state index is 0.196. The first-order valence-electron chi connectivity index (χ1n) is 6.71. The Hall–Kier alpha value is -3.38. The van der Waals surface area contributed by atoms with E-state index < -0.39 is 50.5 Å². The van der Waals surface area contributed by atoms with Gasteiger partial charge in [-0.1, -0.05) is 18.2 Å². The van der Waals surface area contributed by atoms with Crippen molar-refractivity contribution in [3.63, 3.8) is 0 Å². The van der Waals surface area contributed by atoms with Gasteiger partial charge in [0.1, 0.15) is 11.3 Å². The van der Waals surface area contributed by atoms with Crippen LogP contribution in [-0.2, 0) is 12.4 Å². The van der Waals surface area contributed by atoms with Crippen molar-refractivity contribution in [3.8, 4) is 11.5 Å². The predicted molar refractivity (Wildman–Crippen MR) is 76.3 cm³/mol. The van der Waals surface area contributed by atoms with Crippen LogP contribution in [0.2, 0.25) is 0 Å². The summed E-state index contributed by atoms with van der Waals surface area (Å²) in [6, 6.07) is 6.10. The van der Waals surface area contributed by atoms with Gasteiger partial charge in [-0.25, -0.2) is 0 Å². The molecule has 0 heterocycles. The summed E-state index contributed by atoms with van der Waals surface area (Å²) in [5, 5.41) is 22.1. The number of hydrogen-bond donors (Lipinski definition) is 0. The minimum Gasteiger partial charge on any atom is -0.450 e. The lowest BCUT2D eigenvalue weighted by Gasteiger charge is -2.16. The Morgan fingerprint density at radius 1 is 0.815 bits per heavy atom. The number of para-hydroxylation sites is 1. The van der Waals surface area contributed by atoms with E-state index in [2.05, 4.69) is 0 Å². The fourth-order valence-corrected chi connectivity index (χ4v) is 2.19. The quantitative estimate of drug-likeness (QED) is 0.395. The van der Waals surface area contributed by atoms with Crippen molar-refractivity contribution in [2.24, 2.45) is 0 Å². The fraction of sp³-hybridized carbons (Fsp3) is 0.143. The van der Waals surface area contributed by atoms with Gasteiger partial charge in [0.25, 0.3) is 0 Å². The Bertz CT molecular complexity index is 896. The standard InChI is InChI=1S/C14H6F6N2O5/c15-13(16,17)8-6-9(27-7-4-2-1-3-5-7)12(22(25)26)10(14(18,19)20)11(8)21(23)24/h1-6H. The van der Waals surface area contributed by atoms with Crippen LogP contribution in [0.1, 0.15) is 11.1 Å². The van der Waals surface area contributed by atoms with Crippen LogP contribution in [0, 0.1) is 20.2 Å². The van der Waals surface area contributed by atoms with E-state index in [1.807, 2.05) is 0 Å². The van der Waals surface area contributed by atoms with Crippen molar-refractivity contribution < 1.29 is 40.9 Å². The van der Waals surface area contributed by atoms with Crippen molar-refractivity contribution in [2.45, 2.75) is 12.4 Å². The second-order valence-corrected chi connectivity index (χ2v) is 4.92. The molecule has 0 aromatic heterocycles. The highest BCUT2D eigenvalue weighted by Gasteiger charge is 2.53. The highest BCUT2D eigenvalue weighted by Crippen LogP contribution is 2.52. The maximum Gasteiger partial charge on any atom is 0.429 e. The van der Waals surface area contributed by atoms with E-state index in [4.69, 9.17) is 4.74 Å². The van der Waals surface area contributed by atoms with Crippen LogP contribution in [0.4, 0.5) is 37.7 Å². The summed E-state index contributed by atoms with van der Waals surface area (Å²) in [4.78, 5) is 18.4. The van der Waals surface area contributed by atoms with Gasteiger partial charge >= 0.3 is 23.7 Å². The fourth-order valence-electron chi connectivity index (χ4n) is 2.19. The Kier molecular flexibility index (Phi) is 4.97. The smallest absolute Gasteiger partial charge is 0.429 e. The van der Waals surface area contributed by atoms with Gasteiger partial charge in [-0.2, -0.15) is 26.3 Å². The van der Waals surface area contributed by atoms with E-state index in [9.17, 15) is 46.6 Å². The highest BCUT2D eigenvalue weighted by molar-refractivity contribution is 5.68. The molecule has 13 heteroatoms. The van der Waals surface area contributed by atoms with Gasteiger partial charge in [-0.3, -0.25) is 20.2 Å². The van der Waals surface area contributed by atoms with Gasteiger partial charge in [0.2, 0.25) is 11.3 Å². The monoisotopic (exact) mass is 396 g/mol. The number of hydrogen-bond acceptors (Lipinski definition) is 5. The maximum atomic E-state index is 13.3. The molecular weight excluding hydrogens is 390 g/mol. The molecule has 2 aromatic rings.